The average Bonchev–Trinajstić information content (AvgIpc) is 2.76. The zero-order chi connectivity index (χ0) is 15.6. The van der Waals surface area contributed by atoms with E-state index in [-0.39, 0.29) is 5.91 Å². The summed E-state index contributed by atoms with van der Waals surface area (Å²) in [7, 11) is 3.42. The fourth-order valence-electron chi connectivity index (χ4n) is 2.05. The first kappa shape index (κ1) is 14.9. The third-order valence-corrected chi connectivity index (χ3v) is 3.34. The Labute approximate surface area is 123 Å². The normalized spacial score (nSPS) is 10.5. The molecule has 0 unspecified atom stereocenters. The van der Waals surface area contributed by atoms with E-state index in [1.165, 1.54) is 4.90 Å². The van der Waals surface area contributed by atoms with Crippen LogP contribution in [0, 0.1) is 13.8 Å². The van der Waals surface area contributed by atoms with Crippen molar-refractivity contribution in [3.05, 3.63) is 40.8 Å². The molecule has 1 heterocycles. The van der Waals surface area contributed by atoms with E-state index in [9.17, 15) is 4.79 Å². The Balaban J connectivity index is 2.13. The SMILES string of the molecule is Cc1noc(C)c1CNc1ccc(C(=O)N(C)C)cc1N. The van der Waals surface area contributed by atoms with Gasteiger partial charge in [-0.25, -0.2) is 0 Å². The predicted octanol–water partition coefficient (Wildman–Crippen LogP) is 2.19. The lowest BCUT2D eigenvalue weighted by molar-refractivity contribution is 0.0827. The largest absolute Gasteiger partial charge is 0.397 e. The van der Waals surface area contributed by atoms with Gasteiger partial charge in [0.2, 0.25) is 0 Å². The molecule has 0 atom stereocenters. The van der Waals surface area contributed by atoms with Crippen molar-refractivity contribution in [1.29, 1.82) is 0 Å². The van der Waals surface area contributed by atoms with Gasteiger partial charge in [0.05, 0.1) is 17.1 Å². The van der Waals surface area contributed by atoms with Crippen LogP contribution < -0.4 is 11.1 Å². The van der Waals surface area contributed by atoms with Gasteiger partial charge in [-0.3, -0.25) is 4.79 Å². The van der Waals surface area contributed by atoms with Gasteiger partial charge in [0, 0.05) is 31.8 Å². The van der Waals surface area contributed by atoms with Crippen LogP contribution in [-0.4, -0.2) is 30.1 Å². The quantitative estimate of drug-likeness (QED) is 0.842. The summed E-state index contributed by atoms with van der Waals surface area (Å²) in [6.45, 7) is 4.35. The number of hydrogen-bond donors (Lipinski definition) is 2. The van der Waals surface area contributed by atoms with Crippen molar-refractivity contribution in [3.63, 3.8) is 0 Å². The average molecular weight is 288 g/mol. The Kier molecular flexibility index (Phi) is 4.16. The second kappa shape index (κ2) is 5.87. The van der Waals surface area contributed by atoms with Crippen LogP contribution in [-0.2, 0) is 6.54 Å². The van der Waals surface area contributed by atoms with Crippen molar-refractivity contribution in [1.82, 2.24) is 10.1 Å². The van der Waals surface area contributed by atoms with Crippen LogP contribution in [0.4, 0.5) is 11.4 Å². The van der Waals surface area contributed by atoms with Gasteiger partial charge in [0.15, 0.2) is 0 Å². The number of nitrogen functional groups attached to an aromatic ring is 1. The van der Waals surface area contributed by atoms with Crippen molar-refractivity contribution < 1.29 is 9.32 Å². The molecular formula is C15H20N4O2. The molecule has 0 saturated heterocycles. The van der Waals surface area contributed by atoms with Crippen molar-refractivity contribution in [3.8, 4) is 0 Å². The van der Waals surface area contributed by atoms with Crippen molar-refractivity contribution in [2.24, 2.45) is 0 Å². The van der Waals surface area contributed by atoms with Gasteiger partial charge in [0.25, 0.3) is 5.91 Å². The summed E-state index contributed by atoms with van der Waals surface area (Å²) < 4.78 is 5.12. The number of nitrogens with two attached hydrogens (primary N) is 1. The number of carbonyl (C=O) groups is 1. The first-order valence-corrected chi connectivity index (χ1v) is 6.67. The molecule has 6 heteroatoms. The summed E-state index contributed by atoms with van der Waals surface area (Å²) in [6.07, 6.45) is 0. The standard InChI is InChI=1S/C15H20N4O2/c1-9-12(10(2)21-18-9)8-17-14-6-5-11(7-13(14)16)15(20)19(3)4/h5-7,17H,8,16H2,1-4H3. The second-order valence-corrected chi connectivity index (χ2v) is 5.16. The fourth-order valence-corrected chi connectivity index (χ4v) is 2.05. The molecule has 21 heavy (non-hydrogen) atoms. The zero-order valence-corrected chi connectivity index (χ0v) is 12.7. The number of nitrogens with zero attached hydrogens (tertiary/aromatic N) is 2. The lowest BCUT2D eigenvalue weighted by Crippen LogP contribution is -2.21. The molecule has 0 aliphatic carbocycles. The number of benzene rings is 1. The van der Waals surface area contributed by atoms with Crippen molar-refractivity contribution >= 4 is 17.3 Å². The third-order valence-electron chi connectivity index (χ3n) is 3.34. The maximum Gasteiger partial charge on any atom is 0.253 e. The molecule has 0 aliphatic rings. The van der Waals surface area contributed by atoms with Gasteiger partial charge in [-0.05, 0) is 32.0 Å². The lowest BCUT2D eigenvalue weighted by atomic mass is 10.1. The molecule has 112 valence electrons. The van der Waals surface area contributed by atoms with E-state index >= 15 is 0 Å². The predicted molar refractivity (Wildman–Crippen MR) is 82.2 cm³/mol. The van der Waals surface area contributed by atoms with Crippen LogP contribution in [0.3, 0.4) is 0 Å². The lowest BCUT2D eigenvalue weighted by Gasteiger charge is -2.13. The molecule has 6 nitrogen and oxygen atoms in total. The number of nitrogens with one attached hydrogen (secondary N) is 1. The van der Waals surface area contributed by atoms with Crippen LogP contribution in [0.2, 0.25) is 0 Å². The summed E-state index contributed by atoms with van der Waals surface area (Å²) in [4.78, 5) is 13.4. The molecule has 2 rings (SSSR count). The summed E-state index contributed by atoms with van der Waals surface area (Å²) in [5, 5.41) is 7.15. The van der Waals surface area contributed by atoms with E-state index < -0.39 is 0 Å². The smallest absolute Gasteiger partial charge is 0.253 e. The third kappa shape index (κ3) is 3.16. The summed E-state index contributed by atoms with van der Waals surface area (Å²) in [6, 6.07) is 5.25. The molecule has 3 N–H and O–H groups in total. The van der Waals surface area contributed by atoms with E-state index in [4.69, 9.17) is 10.3 Å². The van der Waals surface area contributed by atoms with E-state index in [0.717, 1.165) is 22.7 Å². The van der Waals surface area contributed by atoms with Gasteiger partial charge in [0.1, 0.15) is 5.76 Å². The molecule has 0 fully saturated rings. The molecule has 2 aromatic rings. The molecule has 1 amide bonds. The monoisotopic (exact) mass is 288 g/mol. The Hall–Kier alpha value is -2.50. The van der Waals surface area contributed by atoms with E-state index in [1.54, 1.807) is 26.2 Å². The molecule has 0 spiro atoms. The second-order valence-electron chi connectivity index (χ2n) is 5.16. The van der Waals surface area contributed by atoms with Gasteiger partial charge in [-0.15, -0.1) is 0 Å². The number of hydrogen-bond acceptors (Lipinski definition) is 5. The minimum Gasteiger partial charge on any atom is -0.397 e. The van der Waals surface area contributed by atoms with Crippen LogP contribution >= 0.6 is 0 Å². The molecule has 1 aromatic heterocycles. The summed E-state index contributed by atoms with van der Waals surface area (Å²) in [5.41, 5.74) is 9.77. The first-order valence-electron chi connectivity index (χ1n) is 6.67. The Bertz CT molecular complexity index is 642. The van der Waals surface area contributed by atoms with Gasteiger partial charge in [-0.1, -0.05) is 5.16 Å². The molecule has 0 saturated carbocycles. The minimum absolute atomic E-state index is 0.0704. The summed E-state index contributed by atoms with van der Waals surface area (Å²) in [5.74, 6) is 0.719. The Morgan fingerprint density at radius 1 is 1.38 bits per heavy atom. The van der Waals surface area contributed by atoms with E-state index in [2.05, 4.69) is 10.5 Å². The summed E-state index contributed by atoms with van der Waals surface area (Å²) >= 11 is 0. The van der Waals surface area contributed by atoms with Crippen LogP contribution in [0.1, 0.15) is 27.4 Å². The molecule has 0 aliphatic heterocycles. The number of aromatic nitrogens is 1. The number of anilines is 2. The van der Waals surface area contributed by atoms with Crippen molar-refractivity contribution in [2.45, 2.75) is 20.4 Å². The molecular weight excluding hydrogens is 268 g/mol. The Morgan fingerprint density at radius 3 is 2.62 bits per heavy atom. The zero-order valence-electron chi connectivity index (χ0n) is 12.7. The fraction of sp³-hybridized carbons (Fsp3) is 0.333. The number of rotatable bonds is 4. The van der Waals surface area contributed by atoms with Gasteiger partial charge >= 0.3 is 0 Å². The van der Waals surface area contributed by atoms with Crippen molar-refractivity contribution in [2.75, 3.05) is 25.1 Å². The van der Waals surface area contributed by atoms with Crippen LogP contribution in [0.5, 0.6) is 0 Å². The van der Waals surface area contributed by atoms with E-state index in [0.29, 0.717) is 17.8 Å². The molecule has 0 bridgehead atoms. The molecule has 1 aromatic carbocycles. The van der Waals surface area contributed by atoms with Crippen LogP contribution in [0.15, 0.2) is 22.7 Å². The maximum atomic E-state index is 11.9. The highest BCUT2D eigenvalue weighted by Gasteiger charge is 2.12. The van der Waals surface area contributed by atoms with E-state index in [1.807, 2.05) is 19.9 Å². The van der Waals surface area contributed by atoms with Gasteiger partial charge < -0.3 is 20.5 Å². The van der Waals surface area contributed by atoms with Gasteiger partial charge in [-0.2, -0.15) is 0 Å². The Morgan fingerprint density at radius 2 is 2.10 bits per heavy atom. The number of aryl methyl sites for hydroxylation is 2. The highest BCUT2D eigenvalue weighted by molar-refractivity contribution is 5.95. The first-order chi connectivity index (χ1) is 9.90. The highest BCUT2D eigenvalue weighted by Crippen LogP contribution is 2.22. The minimum atomic E-state index is -0.0704. The highest BCUT2D eigenvalue weighted by atomic mass is 16.5. The molecule has 0 radical (unpaired) electrons. The van der Waals surface area contributed by atoms with Crippen LogP contribution in [0.25, 0.3) is 0 Å². The topological polar surface area (TPSA) is 84.4 Å². The number of amides is 1. The maximum absolute atomic E-state index is 11.9. The number of carbonyl (C=O) groups excluding carboxylic acids is 1.